The van der Waals surface area contributed by atoms with E-state index < -0.39 is 0 Å². The lowest BCUT2D eigenvalue weighted by atomic mass is 10.2. The largest absolute Gasteiger partial charge is 0.454 e. The minimum absolute atomic E-state index is 0.272. The molecule has 3 aromatic rings. The summed E-state index contributed by atoms with van der Waals surface area (Å²) in [6, 6.07) is 10.1. The van der Waals surface area contributed by atoms with E-state index in [1.165, 1.54) is 0 Å². The van der Waals surface area contributed by atoms with Gasteiger partial charge in [-0.25, -0.2) is 0 Å². The van der Waals surface area contributed by atoms with Gasteiger partial charge in [-0.1, -0.05) is 11.2 Å². The maximum Gasteiger partial charge on any atom is 0.315 e. The van der Waals surface area contributed by atoms with Crippen LogP contribution in [0, 0.1) is 0 Å². The second-order valence-electron chi connectivity index (χ2n) is 5.01. The van der Waals surface area contributed by atoms with Crippen molar-refractivity contribution in [3.8, 4) is 11.5 Å². The first kappa shape index (κ1) is 14.8. The Bertz CT molecular complexity index is 825. The van der Waals surface area contributed by atoms with Crippen LogP contribution in [0.5, 0.6) is 11.5 Å². The summed E-state index contributed by atoms with van der Waals surface area (Å²) in [5.41, 5.74) is 1.05. The van der Waals surface area contributed by atoms with E-state index in [9.17, 15) is 0 Å². The molecule has 1 aliphatic rings. The van der Waals surface area contributed by atoms with Crippen LogP contribution in [0.25, 0.3) is 0 Å². The van der Waals surface area contributed by atoms with Crippen LogP contribution in [0.15, 0.2) is 52.0 Å². The van der Waals surface area contributed by atoms with E-state index in [1.807, 2.05) is 30.3 Å². The highest BCUT2D eigenvalue weighted by molar-refractivity contribution is 7.98. The smallest absolute Gasteiger partial charge is 0.315 e. The van der Waals surface area contributed by atoms with E-state index in [4.69, 9.17) is 13.9 Å². The van der Waals surface area contributed by atoms with Crippen molar-refractivity contribution < 1.29 is 13.9 Å². The molecule has 0 atom stereocenters. The van der Waals surface area contributed by atoms with E-state index in [0.29, 0.717) is 24.2 Å². The lowest BCUT2D eigenvalue weighted by Gasteiger charge is -2.03. The third kappa shape index (κ3) is 3.43. The van der Waals surface area contributed by atoms with Crippen LogP contribution >= 0.6 is 11.8 Å². The first-order valence-corrected chi connectivity index (χ1v) is 8.33. The quantitative estimate of drug-likeness (QED) is 0.684. The number of hydrogen-bond acceptors (Lipinski definition) is 8. The van der Waals surface area contributed by atoms with Gasteiger partial charge >= 0.3 is 6.01 Å². The van der Waals surface area contributed by atoms with Gasteiger partial charge in [-0.3, -0.25) is 4.98 Å². The molecule has 122 valence electrons. The molecule has 4 rings (SSSR count). The molecular weight excluding hydrogens is 328 g/mol. The first-order valence-electron chi connectivity index (χ1n) is 7.34. The van der Waals surface area contributed by atoms with Crippen molar-refractivity contribution in [1.82, 2.24) is 15.2 Å². The van der Waals surface area contributed by atoms with Gasteiger partial charge in [-0.15, -0.1) is 16.9 Å². The van der Waals surface area contributed by atoms with E-state index in [-0.39, 0.29) is 6.79 Å². The van der Waals surface area contributed by atoms with Crippen molar-refractivity contribution in [1.29, 1.82) is 0 Å². The topological polar surface area (TPSA) is 82.3 Å². The molecule has 0 unspecified atom stereocenters. The fraction of sp³-hybridized carbons (Fsp3) is 0.188. The van der Waals surface area contributed by atoms with Gasteiger partial charge in [0.2, 0.25) is 12.7 Å². The Hall–Kier alpha value is -2.74. The highest BCUT2D eigenvalue weighted by Crippen LogP contribution is 2.32. The second-order valence-corrected chi connectivity index (χ2v) is 6.06. The summed E-state index contributed by atoms with van der Waals surface area (Å²) in [4.78, 5) is 5.10. The Morgan fingerprint density at radius 3 is 2.83 bits per heavy atom. The molecule has 1 aliphatic heterocycles. The molecule has 0 saturated heterocycles. The van der Waals surface area contributed by atoms with Crippen LogP contribution in [-0.2, 0) is 12.3 Å². The van der Waals surface area contributed by atoms with Gasteiger partial charge < -0.3 is 19.2 Å². The molecule has 0 saturated carbocycles. The number of benzene rings is 1. The van der Waals surface area contributed by atoms with Gasteiger partial charge in [0.1, 0.15) is 0 Å². The molecule has 0 spiro atoms. The number of thioether (sulfide) groups is 1. The second kappa shape index (κ2) is 6.79. The summed E-state index contributed by atoms with van der Waals surface area (Å²) in [7, 11) is 0. The maximum absolute atomic E-state index is 5.59. The number of aromatic nitrogens is 3. The molecule has 0 bridgehead atoms. The zero-order valence-corrected chi connectivity index (χ0v) is 13.5. The van der Waals surface area contributed by atoms with Crippen LogP contribution in [0.3, 0.4) is 0 Å². The standard InChI is InChI=1S/C16H14N4O3S/c1-2-13-14(22-10-21-13)7-11(1)8-18-16-20-19-15(23-16)9-24-12-3-5-17-6-4-12/h1-7H,8-10H2,(H,18,20). The summed E-state index contributed by atoms with van der Waals surface area (Å²) in [5, 5.41) is 11.2. The molecule has 1 aromatic carbocycles. The van der Waals surface area contributed by atoms with Gasteiger partial charge in [0.15, 0.2) is 11.5 Å². The van der Waals surface area contributed by atoms with Crippen LogP contribution in [-0.4, -0.2) is 22.0 Å². The molecule has 2 aromatic heterocycles. The number of rotatable bonds is 6. The fourth-order valence-corrected chi connectivity index (χ4v) is 2.91. The molecule has 0 aliphatic carbocycles. The molecular formula is C16H14N4O3S. The van der Waals surface area contributed by atoms with Gasteiger partial charge in [0.05, 0.1) is 5.75 Å². The zero-order valence-electron chi connectivity index (χ0n) is 12.6. The van der Waals surface area contributed by atoms with Crippen LogP contribution in [0.4, 0.5) is 6.01 Å². The summed E-state index contributed by atoms with van der Waals surface area (Å²) in [6.07, 6.45) is 3.52. The molecule has 8 heteroatoms. The minimum atomic E-state index is 0.272. The van der Waals surface area contributed by atoms with Crippen molar-refractivity contribution >= 4 is 17.8 Å². The molecule has 24 heavy (non-hydrogen) atoms. The highest BCUT2D eigenvalue weighted by Gasteiger charge is 2.13. The summed E-state index contributed by atoms with van der Waals surface area (Å²) in [5.74, 6) is 2.72. The predicted molar refractivity (Wildman–Crippen MR) is 88.0 cm³/mol. The number of fused-ring (bicyclic) bond motifs is 1. The van der Waals surface area contributed by atoms with Crippen LogP contribution < -0.4 is 14.8 Å². The van der Waals surface area contributed by atoms with Gasteiger partial charge in [0, 0.05) is 23.8 Å². The summed E-state index contributed by atoms with van der Waals surface area (Å²) in [6.45, 7) is 0.837. The van der Waals surface area contributed by atoms with E-state index in [0.717, 1.165) is 22.0 Å². The monoisotopic (exact) mass is 342 g/mol. The SMILES string of the molecule is c1cc(SCc2nnc(NCc3ccc4c(c3)OCO4)o2)ccn1. The number of anilines is 1. The maximum atomic E-state index is 5.59. The Kier molecular flexibility index (Phi) is 4.20. The normalized spacial score (nSPS) is 12.3. The minimum Gasteiger partial charge on any atom is -0.454 e. The van der Waals surface area contributed by atoms with Crippen molar-refractivity contribution in [2.75, 3.05) is 12.1 Å². The predicted octanol–water partition coefficient (Wildman–Crippen LogP) is 3.10. The van der Waals surface area contributed by atoms with E-state index in [2.05, 4.69) is 20.5 Å². The van der Waals surface area contributed by atoms with Crippen molar-refractivity contribution in [2.24, 2.45) is 0 Å². The zero-order chi connectivity index (χ0) is 16.2. The van der Waals surface area contributed by atoms with Gasteiger partial charge in [-0.05, 0) is 29.8 Å². The third-order valence-electron chi connectivity index (χ3n) is 3.36. The van der Waals surface area contributed by atoms with Crippen LogP contribution in [0.1, 0.15) is 11.5 Å². The first-order chi connectivity index (χ1) is 11.9. The number of pyridine rings is 1. The number of ether oxygens (including phenoxy) is 2. The lowest BCUT2D eigenvalue weighted by molar-refractivity contribution is 0.174. The lowest BCUT2D eigenvalue weighted by Crippen LogP contribution is -1.99. The third-order valence-corrected chi connectivity index (χ3v) is 4.36. The Morgan fingerprint density at radius 1 is 1.04 bits per heavy atom. The molecule has 0 radical (unpaired) electrons. The number of hydrogen-bond donors (Lipinski definition) is 1. The average Bonchev–Trinajstić information content (AvgIpc) is 3.28. The van der Waals surface area contributed by atoms with Gasteiger partial charge in [0.25, 0.3) is 0 Å². The Labute approximate surface area is 142 Å². The molecule has 3 heterocycles. The van der Waals surface area contributed by atoms with Crippen molar-refractivity contribution in [3.05, 3.63) is 54.2 Å². The molecule has 0 fully saturated rings. The van der Waals surface area contributed by atoms with Crippen LogP contribution in [0.2, 0.25) is 0 Å². The number of nitrogens with zero attached hydrogens (tertiary/aromatic N) is 3. The summed E-state index contributed by atoms with van der Waals surface area (Å²) >= 11 is 1.62. The van der Waals surface area contributed by atoms with E-state index in [1.54, 1.807) is 24.2 Å². The van der Waals surface area contributed by atoms with Crippen molar-refractivity contribution in [2.45, 2.75) is 17.2 Å². The highest BCUT2D eigenvalue weighted by atomic mass is 32.2. The Balaban J connectivity index is 1.32. The molecule has 0 amide bonds. The van der Waals surface area contributed by atoms with Crippen molar-refractivity contribution in [3.63, 3.8) is 0 Å². The fourth-order valence-electron chi connectivity index (χ4n) is 2.19. The average molecular weight is 342 g/mol. The number of nitrogens with one attached hydrogen (secondary N) is 1. The Morgan fingerprint density at radius 2 is 1.92 bits per heavy atom. The molecule has 7 nitrogen and oxygen atoms in total. The van der Waals surface area contributed by atoms with Gasteiger partial charge in [-0.2, -0.15) is 0 Å². The van der Waals surface area contributed by atoms with E-state index >= 15 is 0 Å². The summed E-state index contributed by atoms with van der Waals surface area (Å²) < 4.78 is 16.2. The molecule has 1 N–H and O–H groups in total.